The molecule has 1 aromatic rings. The van der Waals surface area contributed by atoms with Crippen LogP contribution in [-0.2, 0) is 6.54 Å². The molecule has 0 aromatic carbocycles. The van der Waals surface area contributed by atoms with Crippen LogP contribution in [0.4, 0.5) is 0 Å². The second kappa shape index (κ2) is 5.97. The molecule has 6 nitrogen and oxygen atoms in total. The number of aliphatic hydroxyl groups excluding tert-OH is 1. The van der Waals surface area contributed by atoms with Crippen molar-refractivity contribution in [3.05, 3.63) is 17.5 Å². The Hall–Kier alpha value is -1.40. The van der Waals surface area contributed by atoms with Crippen molar-refractivity contribution in [2.45, 2.75) is 25.8 Å². The minimum Gasteiger partial charge on any atom is -0.476 e. The van der Waals surface area contributed by atoms with Gasteiger partial charge in [-0.1, -0.05) is 11.6 Å². The number of aromatic carboxylic acids is 1. The maximum Gasteiger partial charge on any atom is 0.358 e. The number of rotatable bonds is 6. The van der Waals surface area contributed by atoms with Crippen LogP contribution in [0, 0.1) is 11.8 Å². The number of aromatic nitrogens is 1. The lowest BCUT2D eigenvalue weighted by Gasteiger charge is -2.17. The van der Waals surface area contributed by atoms with Gasteiger partial charge in [-0.25, -0.2) is 4.79 Å². The number of carbonyl (C=O) groups is 1. The lowest BCUT2D eigenvalue weighted by Crippen LogP contribution is -2.26. The predicted octanol–water partition coefficient (Wildman–Crippen LogP) is 0.871. The van der Waals surface area contributed by atoms with Gasteiger partial charge in [-0.15, -0.1) is 0 Å². The van der Waals surface area contributed by atoms with Crippen LogP contribution in [0.5, 0.6) is 0 Å². The molecule has 0 aliphatic heterocycles. The van der Waals surface area contributed by atoms with Gasteiger partial charge in [0.15, 0.2) is 11.5 Å². The van der Waals surface area contributed by atoms with Gasteiger partial charge in [0.25, 0.3) is 0 Å². The van der Waals surface area contributed by atoms with Gasteiger partial charge in [0.2, 0.25) is 0 Å². The molecule has 1 saturated carbocycles. The topological polar surface area (TPSA) is 95.6 Å². The lowest BCUT2D eigenvalue weighted by atomic mass is 9.97. The fourth-order valence-corrected chi connectivity index (χ4v) is 2.50. The van der Waals surface area contributed by atoms with E-state index in [4.69, 9.17) is 9.63 Å². The molecular formula is C12H18N2O4. The van der Waals surface area contributed by atoms with Crippen LogP contribution < -0.4 is 5.32 Å². The Balaban J connectivity index is 1.76. The smallest absolute Gasteiger partial charge is 0.358 e. The van der Waals surface area contributed by atoms with Crippen molar-refractivity contribution in [2.24, 2.45) is 11.8 Å². The molecular weight excluding hydrogens is 236 g/mol. The van der Waals surface area contributed by atoms with Gasteiger partial charge in [0.05, 0.1) is 6.54 Å². The van der Waals surface area contributed by atoms with E-state index in [-0.39, 0.29) is 12.3 Å². The third-order valence-electron chi connectivity index (χ3n) is 3.53. The average Bonchev–Trinajstić information content (AvgIpc) is 2.97. The third-order valence-corrected chi connectivity index (χ3v) is 3.53. The SMILES string of the molecule is O=C(O)c1cc(CNCC2CCCC2CO)on1. The number of nitrogens with zero attached hydrogens (tertiary/aromatic N) is 1. The molecule has 1 aliphatic rings. The number of hydrogen-bond donors (Lipinski definition) is 3. The van der Waals surface area contributed by atoms with E-state index in [1.54, 1.807) is 0 Å². The Morgan fingerprint density at radius 1 is 1.50 bits per heavy atom. The van der Waals surface area contributed by atoms with E-state index in [1.165, 1.54) is 12.5 Å². The molecule has 0 bridgehead atoms. The highest BCUT2D eigenvalue weighted by Crippen LogP contribution is 2.30. The molecule has 0 amide bonds. The van der Waals surface area contributed by atoms with Crippen LogP contribution in [0.1, 0.15) is 35.5 Å². The van der Waals surface area contributed by atoms with Crippen molar-refractivity contribution in [3.8, 4) is 0 Å². The molecule has 1 aliphatic carbocycles. The first-order valence-corrected chi connectivity index (χ1v) is 6.21. The second-order valence-corrected chi connectivity index (χ2v) is 4.75. The standard InChI is InChI=1S/C12H18N2O4/c15-7-9-3-1-2-8(9)5-13-6-10-4-11(12(16)17)14-18-10/h4,8-9,13,15H,1-3,5-7H2,(H,16,17). The molecule has 0 spiro atoms. The van der Waals surface area contributed by atoms with Gasteiger partial charge < -0.3 is 20.1 Å². The van der Waals surface area contributed by atoms with E-state index >= 15 is 0 Å². The molecule has 2 rings (SSSR count). The summed E-state index contributed by atoms with van der Waals surface area (Å²) < 4.78 is 4.90. The molecule has 18 heavy (non-hydrogen) atoms. The summed E-state index contributed by atoms with van der Waals surface area (Å²) in [5.74, 6) is 0.325. The van der Waals surface area contributed by atoms with E-state index in [0.717, 1.165) is 19.4 Å². The van der Waals surface area contributed by atoms with Crippen molar-refractivity contribution < 1.29 is 19.5 Å². The monoisotopic (exact) mass is 254 g/mol. The molecule has 2 unspecified atom stereocenters. The molecule has 3 N–H and O–H groups in total. The van der Waals surface area contributed by atoms with Gasteiger partial charge in [0, 0.05) is 12.7 Å². The predicted molar refractivity (Wildman–Crippen MR) is 63.1 cm³/mol. The summed E-state index contributed by atoms with van der Waals surface area (Å²) in [6.45, 7) is 1.53. The molecule has 0 radical (unpaired) electrons. The van der Waals surface area contributed by atoms with Crippen LogP contribution in [0.15, 0.2) is 10.6 Å². The van der Waals surface area contributed by atoms with Gasteiger partial charge >= 0.3 is 5.97 Å². The Kier molecular flexibility index (Phi) is 4.33. The van der Waals surface area contributed by atoms with Crippen molar-refractivity contribution >= 4 is 5.97 Å². The van der Waals surface area contributed by atoms with Gasteiger partial charge in [-0.2, -0.15) is 0 Å². The molecule has 0 saturated heterocycles. The van der Waals surface area contributed by atoms with Gasteiger partial charge in [0.1, 0.15) is 0 Å². The van der Waals surface area contributed by atoms with Crippen molar-refractivity contribution in [3.63, 3.8) is 0 Å². The zero-order valence-corrected chi connectivity index (χ0v) is 10.1. The van der Waals surface area contributed by atoms with Crippen molar-refractivity contribution in [1.82, 2.24) is 10.5 Å². The zero-order valence-electron chi connectivity index (χ0n) is 10.1. The number of carboxylic acid groups (broad SMARTS) is 1. The summed E-state index contributed by atoms with van der Waals surface area (Å²) in [6.07, 6.45) is 3.40. The van der Waals surface area contributed by atoms with Crippen molar-refractivity contribution in [1.29, 1.82) is 0 Å². The maximum absolute atomic E-state index is 10.6. The summed E-state index contributed by atoms with van der Waals surface area (Å²) in [5.41, 5.74) is -0.0686. The first-order valence-electron chi connectivity index (χ1n) is 6.21. The summed E-state index contributed by atoms with van der Waals surface area (Å²) in [7, 11) is 0. The Bertz CT molecular complexity index is 405. The fraction of sp³-hybridized carbons (Fsp3) is 0.667. The van der Waals surface area contributed by atoms with Gasteiger partial charge in [-0.3, -0.25) is 0 Å². The average molecular weight is 254 g/mol. The minimum atomic E-state index is -1.08. The summed E-state index contributed by atoms with van der Waals surface area (Å²) in [5, 5.41) is 24.6. The molecule has 2 atom stereocenters. The normalized spacial score (nSPS) is 23.4. The Labute approximate surface area is 105 Å². The third kappa shape index (κ3) is 3.08. The zero-order chi connectivity index (χ0) is 13.0. The first-order chi connectivity index (χ1) is 8.70. The first kappa shape index (κ1) is 13.0. The highest BCUT2D eigenvalue weighted by molar-refractivity contribution is 5.85. The largest absolute Gasteiger partial charge is 0.476 e. The highest BCUT2D eigenvalue weighted by Gasteiger charge is 2.26. The maximum atomic E-state index is 10.6. The second-order valence-electron chi connectivity index (χ2n) is 4.75. The van der Waals surface area contributed by atoms with E-state index in [2.05, 4.69) is 10.5 Å². The van der Waals surface area contributed by atoms with E-state index < -0.39 is 5.97 Å². The fourth-order valence-electron chi connectivity index (χ4n) is 2.50. The number of aliphatic hydroxyl groups is 1. The van der Waals surface area contributed by atoms with E-state index in [0.29, 0.717) is 24.1 Å². The van der Waals surface area contributed by atoms with Crippen LogP contribution >= 0.6 is 0 Å². The molecule has 1 heterocycles. The quantitative estimate of drug-likeness (QED) is 0.697. The van der Waals surface area contributed by atoms with Crippen LogP contribution in [0.2, 0.25) is 0 Å². The van der Waals surface area contributed by atoms with Crippen LogP contribution in [0.25, 0.3) is 0 Å². The highest BCUT2D eigenvalue weighted by atomic mass is 16.5. The Morgan fingerprint density at radius 3 is 2.94 bits per heavy atom. The molecule has 1 aromatic heterocycles. The number of hydrogen-bond acceptors (Lipinski definition) is 5. The number of carboxylic acids is 1. The van der Waals surface area contributed by atoms with Crippen molar-refractivity contribution in [2.75, 3.05) is 13.2 Å². The summed E-state index contributed by atoms with van der Waals surface area (Å²) in [6, 6.07) is 1.42. The summed E-state index contributed by atoms with van der Waals surface area (Å²) in [4.78, 5) is 10.6. The summed E-state index contributed by atoms with van der Waals surface area (Å²) >= 11 is 0. The van der Waals surface area contributed by atoms with Crippen LogP contribution in [-0.4, -0.2) is 34.5 Å². The molecule has 1 fully saturated rings. The number of nitrogens with one attached hydrogen (secondary N) is 1. The minimum absolute atomic E-state index is 0.0686. The van der Waals surface area contributed by atoms with Gasteiger partial charge in [-0.05, 0) is 31.2 Å². The van der Waals surface area contributed by atoms with Crippen LogP contribution in [0.3, 0.4) is 0 Å². The van der Waals surface area contributed by atoms with E-state index in [1.807, 2.05) is 0 Å². The molecule has 100 valence electrons. The van der Waals surface area contributed by atoms with E-state index in [9.17, 15) is 9.90 Å². The lowest BCUT2D eigenvalue weighted by molar-refractivity contribution is 0.0685. The Morgan fingerprint density at radius 2 is 2.28 bits per heavy atom. The molecule has 6 heteroatoms.